The largest absolute Gasteiger partial charge is 0.378 e. The Hall–Kier alpha value is -1.12. The smallest absolute Gasteiger partial charge is 0.0587 e. The van der Waals surface area contributed by atoms with Gasteiger partial charge in [-0.05, 0) is 63.9 Å². The molecule has 20 heavy (non-hydrogen) atoms. The molecule has 0 saturated carbocycles. The quantitative estimate of drug-likeness (QED) is 0.750. The molecule has 1 unspecified atom stereocenters. The maximum Gasteiger partial charge on any atom is 0.0587 e. The summed E-state index contributed by atoms with van der Waals surface area (Å²) in [6, 6.07) is 8.84. The van der Waals surface area contributed by atoms with Gasteiger partial charge in [-0.25, -0.2) is 0 Å². The number of benzene rings is 1. The highest BCUT2D eigenvalue weighted by Gasteiger charge is 2.22. The van der Waals surface area contributed by atoms with Crippen molar-refractivity contribution in [2.75, 3.05) is 27.2 Å². The van der Waals surface area contributed by atoms with Crippen molar-refractivity contribution in [2.45, 2.75) is 39.2 Å². The average Bonchev–Trinajstić information content (AvgIpc) is 2.75. The minimum atomic E-state index is 0.301. The van der Waals surface area contributed by atoms with Crippen molar-refractivity contribution in [3.63, 3.8) is 0 Å². The van der Waals surface area contributed by atoms with E-state index in [0.29, 0.717) is 6.10 Å². The summed E-state index contributed by atoms with van der Waals surface area (Å²) in [5.74, 6) is 0. The molecular weight excluding hydrogens is 246 g/mol. The Kier molecular flexibility index (Phi) is 5.38. The van der Waals surface area contributed by atoms with Gasteiger partial charge in [0.05, 0.1) is 6.10 Å². The van der Waals surface area contributed by atoms with Crippen molar-refractivity contribution in [2.24, 2.45) is 0 Å². The second-order valence-corrected chi connectivity index (χ2v) is 5.94. The number of hydrogen-bond acceptors (Lipinski definition) is 2. The summed E-state index contributed by atoms with van der Waals surface area (Å²) in [5.41, 5.74) is 6.07. The maximum absolute atomic E-state index is 5.75. The molecule has 0 aromatic heterocycles. The molecule has 0 radical (unpaired) electrons. The van der Waals surface area contributed by atoms with Crippen LogP contribution in [0.1, 0.15) is 37.8 Å². The van der Waals surface area contributed by atoms with Crippen LogP contribution < -0.4 is 0 Å². The van der Waals surface area contributed by atoms with E-state index in [-0.39, 0.29) is 0 Å². The third kappa shape index (κ3) is 3.71. The number of ether oxygens (including phenoxy) is 1. The molecule has 0 bridgehead atoms. The van der Waals surface area contributed by atoms with Crippen LogP contribution in [-0.4, -0.2) is 38.3 Å². The van der Waals surface area contributed by atoms with E-state index < -0.39 is 0 Å². The van der Waals surface area contributed by atoms with E-state index in [1.165, 1.54) is 16.7 Å². The van der Waals surface area contributed by atoms with Crippen molar-refractivity contribution in [1.82, 2.24) is 4.90 Å². The van der Waals surface area contributed by atoms with E-state index in [1.54, 1.807) is 5.57 Å². The lowest BCUT2D eigenvalue weighted by Gasteiger charge is -2.16. The van der Waals surface area contributed by atoms with Crippen LogP contribution in [0.2, 0.25) is 0 Å². The van der Waals surface area contributed by atoms with Gasteiger partial charge in [-0.2, -0.15) is 0 Å². The predicted octanol–water partition coefficient (Wildman–Crippen LogP) is 3.76. The summed E-state index contributed by atoms with van der Waals surface area (Å²) in [5, 5.41) is 0. The molecule has 0 N–H and O–H groups in total. The lowest BCUT2D eigenvalue weighted by Crippen LogP contribution is -2.14. The van der Waals surface area contributed by atoms with Crippen LogP contribution in [0.25, 0.3) is 5.57 Å². The molecule has 1 aliphatic rings. The lowest BCUT2D eigenvalue weighted by atomic mass is 9.98. The molecular formula is C18H27NO. The van der Waals surface area contributed by atoms with Gasteiger partial charge in [0, 0.05) is 13.2 Å². The molecule has 0 fully saturated rings. The zero-order chi connectivity index (χ0) is 14.5. The SMILES string of the molecule is CCOC(C)CC1=C(CCN(C)C)Cc2ccccc21. The van der Waals surface area contributed by atoms with Gasteiger partial charge in [-0.3, -0.25) is 0 Å². The van der Waals surface area contributed by atoms with Gasteiger partial charge in [0.25, 0.3) is 0 Å². The monoisotopic (exact) mass is 273 g/mol. The predicted molar refractivity (Wildman–Crippen MR) is 85.9 cm³/mol. The zero-order valence-electron chi connectivity index (χ0n) is 13.3. The summed E-state index contributed by atoms with van der Waals surface area (Å²) in [6.07, 6.45) is 3.62. The van der Waals surface area contributed by atoms with Crippen molar-refractivity contribution >= 4 is 5.57 Å². The van der Waals surface area contributed by atoms with Crippen LogP contribution in [0, 0.1) is 0 Å². The Balaban J connectivity index is 2.18. The normalized spacial score (nSPS) is 15.8. The standard InChI is InChI=1S/C18H27NO/c1-5-20-14(2)12-18-16(10-11-19(3)4)13-15-8-6-7-9-17(15)18/h6-9,14H,5,10-13H2,1-4H3. The molecule has 1 aromatic rings. The van der Waals surface area contributed by atoms with Crippen molar-refractivity contribution in [3.05, 3.63) is 41.0 Å². The van der Waals surface area contributed by atoms with Crippen molar-refractivity contribution in [3.8, 4) is 0 Å². The molecule has 110 valence electrons. The minimum absolute atomic E-state index is 0.301. The van der Waals surface area contributed by atoms with Crippen LogP contribution in [0.3, 0.4) is 0 Å². The van der Waals surface area contributed by atoms with E-state index in [1.807, 2.05) is 0 Å². The number of fused-ring (bicyclic) bond motifs is 1. The first-order valence-corrected chi connectivity index (χ1v) is 7.67. The highest BCUT2D eigenvalue weighted by Crippen LogP contribution is 2.37. The van der Waals surface area contributed by atoms with Gasteiger partial charge in [-0.1, -0.05) is 29.8 Å². The van der Waals surface area contributed by atoms with Crippen LogP contribution in [0.4, 0.5) is 0 Å². The third-order valence-electron chi connectivity index (χ3n) is 3.98. The van der Waals surface area contributed by atoms with E-state index in [0.717, 1.165) is 32.4 Å². The molecule has 0 aliphatic heterocycles. The van der Waals surface area contributed by atoms with E-state index in [2.05, 4.69) is 57.1 Å². The summed E-state index contributed by atoms with van der Waals surface area (Å²) < 4.78 is 5.75. The topological polar surface area (TPSA) is 12.5 Å². The van der Waals surface area contributed by atoms with Crippen molar-refractivity contribution in [1.29, 1.82) is 0 Å². The van der Waals surface area contributed by atoms with Gasteiger partial charge in [0.1, 0.15) is 0 Å². The Bertz CT molecular complexity index is 476. The number of hydrogen-bond donors (Lipinski definition) is 0. The Morgan fingerprint density at radius 3 is 2.70 bits per heavy atom. The second kappa shape index (κ2) is 7.05. The number of nitrogens with zero attached hydrogens (tertiary/aromatic N) is 1. The fourth-order valence-corrected chi connectivity index (χ4v) is 2.98. The van der Waals surface area contributed by atoms with Crippen LogP contribution in [-0.2, 0) is 11.2 Å². The molecule has 1 aromatic carbocycles. The summed E-state index contributed by atoms with van der Waals surface area (Å²) in [4.78, 5) is 2.26. The van der Waals surface area contributed by atoms with Gasteiger partial charge >= 0.3 is 0 Å². The highest BCUT2D eigenvalue weighted by molar-refractivity contribution is 5.76. The Morgan fingerprint density at radius 1 is 1.25 bits per heavy atom. The fourth-order valence-electron chi connectivity index (χ4n) is 2.98. The molecule has 0 spiro atoms. The summed E-state index contributed by atoms with van der Waals surface area (Å²) in [7, 11) is 4.29. The molecule has 0 amide bonds. The lowest BCUT2D eigenvalue weighted by molar-refractivity contribution is 0.0802. The van der Waals surface area contributed by atoms with Gasteiger partial charge < -0.3 is 9.64 Å². The van der Waals surface area contributed by atoms with E-state index in [4.69, 9.17) is 4.74 Å². The van der Waals surface area contributed by atoms with Crippen molar-refractivity contribution < 1.29 is 4.74 Å². The Labute approximate surface area is 123 Å². The van der Waals surface area contributed by atoms with E-state index in [9.17, 15) is 0 Å². The van der Waals surface area contributed by atoms with Crippen LogP contribution in [0.5, 0.6) is 0 Å². The molecule has 0 heterocycles. The fraction of sp³-hybridized carbons (Fsp3) is 0.556. The zero-order valence-corrected chi connectivity index (χ0v) is 13.3. The van der Waals surface area contributed by atoms with E-state index >= 15 is 0 Å². The molecule has 1 aliphatic carbocycles. The maximum atomic E-state index is 5.75. The molecule has 2 heteroatoms. The first-order valence-electron chi connectivity index (χ1n) is 7.67. The Morgan fingerprint density at radius 2 is 2.00 bits per heavy atom. The molecule has 2 nitrogen and oxygen atoms in total. The molecule has 0 saturated heterocycles. The average molecular weight is 273 g/mol. The van der Waals surface area contributed by atoms with Gasteiger partial charge in [0.2, 0.25) is 0 Å². The number of rotatable bonds is 7. The molecule has 1 atom stereocenters. The van der Waals surface area contributed by atoms with Gasteiger partial charge in [0.15, 0.2) is 0 Å². The summed E-state index contributed by atoms with van der Waals surface area (Å²) >= 11 is 0. The minimum Gasteiger partial charge on any atom is -0.378 e. The van der Waals surface area contributed by atoms with Gasteiger partial charge in [-0.15, -0.1) is 0 Å². The highest BCUT2D eigenvalue weighted by atomic mass is 16.5. The molecule has 2 rings (SSSR count). The third-order valence-corrected chi connectivity index (χ3v) is 3.98. The second-order valence-electron chi connectivity index (χ2n) is 5.94. The first-order chi connectivity index (χ1) is 9.61. The summed E-state index contributed by atoms with van der Waals surface area (Å²) in [6.45, 7) is 6.17. The first kappa shape index (κ1) is 15.3. The van der Waals surface area contributed by atoms with Crippen LogP contribution >= 0.6 is 0 Å². The van der Waals surface area contributed by atoms with Crippen LogP contribution in [0.15, 0.2) is 29.8 Å².